The van der Waals surface area contributed by atoms with Gasteiger partial charge in [0.1, 0.15) is 0 Å². The highest BCUT2D eigenvalue weighted by Crippen LogP contribution is 2.23. The largest absolute Gasteiger partial charge is 0.352 e. The fourth-order valence-electron chi connectivity index (χ4n) is 2.48. The summed E-state index contributed by atoms with van der Waals surface area (Å²) in [6.07, 6.45) is 0. The first-order chi connectivity index (χ1) is 10.2. The maximum absolute atomic E-state index is 12.1. The van der Waals surface area contributed by atoms with Crippen LogP contribution in [0.4, 0.5) is 0 Å². The molecule has 0 amide bonds. The number of halogens is 2. The van der Waals surface area contributed by atoms with E-state index in [0.29, 0.717) is 19.6 Å². The van der Waals surface area contributed by atoms with Gasteiger partial charge in [0.2, 0.25) is 0 Å². The molecule has 1 N–H and O–H groups in total. The van der Waals surface area contributed by atoms with Gasteiger partial charge in [0.05, 0.1) is 10.5 Å². The lowest BCUT2D eigenvalue weighted by molar-refractivity contribution is 0.353. The van der Waals surface area contributed by atoms with Gasteiger partial charge in [-0.05, 0) is 31.5 Å². The van der Waals surface area contributed by atoms with Gasteiger partial charge in [-0.25, -0.2) is 8.42 Å². The third kappa shape index (κ3) is 5.06. The van der Waals surface area contributed by atoms with Crippen LogP contribution in [0.2, 0.25) is 0 Å². The van der Waals surface area contributed by atoms with Crippen LogP contribution in [0, 0.1) is 0 Å². The van der Waals surface area contributed by atoms with Crippen molar-refractivity contribution in [3.63, 3.8) is 0 Å². The smallest absolute Gasteiger partial charge is 0.193 e. The van der Waals surface area contributed by atoms with Crippen molar-refractivity contribution in [2.75, 3.05) is 25.9 Å². The summed E-state index contributed by atoms with van der Waals surface area (Å²) >= 11 is 3.46. The van der Waals surface area contributed by atoms with Crippen molar-refractivity contribution in [3.05, 3.63) is 34.3 Å². The topological polar surface area (TPSA) is 61.8 Å². The fraction of sp³-hybridized carbons (Fsp3) is 0.533. The molecule has 1 aromatic rings. The van der Waals surface area contributed by atoms with E-state index < -0.39 is 14.6 Å². The van der Waals surface area contributed by atoms with Gasteiger partial charge in [-0.1, -0.05) is 28.1 Å². The Hall–Kier alpha value is -0.350. The van der Waals surface area contributed by atoms with E-state index in [2.05, 4.69) is 26.2 Å². The van der Waals surface area contributed by atoms with Crippen molar-refractivity contribution in [1.82, 2.24) is 10.2 Å². The summed E-state index contributed by atoms with van der Waals surface area (Å²) in [4.78, 5) is 6.30. The SMILES string of the molecule is CN=C(NCc1cccc(Br)c1)N1CCS(=O)(=O)C(C)(C)C1.I. The molecule has 1 fully saturated rings. The molecule has 5 nitrogen and oxygen atoms in total. The van der Waals surface area contributed by atoms with E-state index in [1.54, 1.807) is 20.9 Å². The fourth-order valence-corrected chi connectivity index (χ4v) is 4.30. The summed E-state index contributed by atoms with van der Waals surface area (Å²) in [5.41, 5.74) is 1.14. The molecule has 1 aliphatic rings. The molecule has 0 spiro atoms. The van der Waals surface area contributed by atoms with Gasteiger partial charge in [0.15, 0.2) is 15.8 Å². The van der Waals surface area contributed by atoms with Gasteiger partial charge >= 0.3 is 0 Å². The monoisotopic (exact) mass is 515 g/mol. The Labute approximate surface area is 164 Å². The Morgan fingerprint density at radius 2 is 2.13 bits per heavy atom. The molecule has 2 rings (SSSR count). The van der Waals surface area contributed by atoms with Crippen molar-refractivity contribution in [3.8, 4) is 0 Å². The molecule has 0 atom stereocenters. The first-order valence-corrected chi connectivity index (χ1v) is 9.62. The summed E-state index contributed by atoms with van der Waals surface area (Å²) in [6, 6.07) is 8.05. The lowest BCUT2D eigenvalue weighted by atomic mass is 10.2. The normalized spacial score (nSPS) is 19.8. The molecule has 0 bridgehead atoms. The number of nitrogens with one attached hydrogen (secondary N) is 1. The molecule has 130 valence electrons. The summed E-state index contributed by atoms with van der Waals surface area (Å²) in [5.74, 6) is 0.903. The second-order valence-electron chi connectivity index (χ2n) is 6.03. The molecule has 1 saturated heterocycles. The number of hydrogen-bond acceptors (Lipinski definition) is 3. The van der Waals surface area contributed by atoms with E-state index in [-0.39, 0.29) is 29.7 Å². The highest BCUT2D eigenvalue weighted by atomic mass is 127. The highest BCUT2D eigenvalue weighted by Gasteiger charge is 2.40. The number of nitrogens with zero attached hydrogens (tertiary/aromatic N) is 2. The zero-order valence-electron chi connectivity index (χ0n) is 13.5. The highest BCUT2D eigenvalue weighted by molar-refractivity contribution is 14.0. The van der Waals surface area contributed by atoms with Crippen LogP contribution < -0.4 is 5.32 Å². The van der Waals surface area contributed by atoms with E-state index in [4.69, 9.17) is 0 Å². The summed E-state index contributed by atoms with van der Waals surface area (Å²) in [5, 5.41) is 3.31. The minimum atomic E-state index is -3.04. The third-order valence-electron chi connectivity index (χ3n) is 3.89. The summed E-state index contributed by atoms with van der Waals surface area (Å²) in [7, 11) is -1.32. The van der Waals surface area contributed by atoms with E-state index in [0.717, 1.165) is 16.0 Å². The average molecular weight is 516 g/mol. The molecule has 0 aromatic heterocycles. The molecular formula is C15H23BrIN3O2S. The number of hydrogen-bond donors (Lipinski definition) is 1. The van der Waals surface area contributed by atoms with Crippen LogP contribution in [0.15, 0.2) is 33.7 Å². The van der Waals surface area contributed by atoms with Gasteiger partial charge in [0, 0.05) is 31.2 Å². The zero-order valence-corrected chi connectivity index (χ0v) is 18.3. The molecule has 0 radical (unpaired) electrons. The van der Waals surface area contributed by atoms with Crippen molar-refractivity contribution in [2.45, 2.75) is 25.1 Å². The summed E-state index contributed by atoms with van der Waals surface area (Å²) < 4.78 is 24.5. The van der Waals surface area contributed by atoms with Crippen LogP contribution in [-0.4, -0.2) is 49.9 Å². The average Bonchev–Trinajstić information content (AvgIpc) is 2.43. The third-order valence-corrected chi connectivity index (χ3v) is 6.92. The first kappa shape index (κ1) is 20.7. The predicted molar refractivity (Wildman–Crippen MR) is 109 cm³/mol. The Kier molecular flexibility index (Phi) is 7.34. The van der Waals surface area contributed by atoms with Gasteiger partial charge in [0.25, 0.3) is 0 Å². The predicted octanol–water partition coefficient (Wildman–Crippen LogP) is 2.65. The lowest BCUT2D eigenvalue weighted by Gasteiger charge is -2.39. The maximum Gasteiger partial charge on any atom is 0.193 e. The summed E-state index contributed by atoms with van der Waals surface area (Å²) in [6.45, 7) is 5.12. The number of benzene rings is 1. The van der Waals surface area contributed by atoms with Crippen molar-refractivity contribution in [1.29, 1.82) is 0 Å². The van der Waals surface area contributed by atoms with Gasteiger partial charge in [-0.2, -0.15) is 0 Å². The number of sulfone groups is 1. The number of rotatable bonds is 2. The Balaban J connectivity index is 0.00000264. The van der Waals surface area contributed by atoms with Crippen molar-refractivity contribution < 1.29 is 8.42 Å². The molecule has 8 heteroatoms. The molecule has 23 heavy (non-hydrogen) atoms. The molecule has 0 saturated carbocycles. The molecule has 0 unspecified atom stereocenters. The minimum absolute atomic E-state index is 0. The molecule has 1 aliphatic heterocycles. The van der Waals surface area contributed by atoms with Crippen LogP contribution in [0.25, 0.3) is 0 Å². The zero-order chi connectivity index (χ0) is 16.4. The van der Waals surface area contributed by atoms with Gasteiger partial charge < -0.3 is 10.2 Å². The molecular weight excluding hydrogens is 493 g/mol. The van der Waals surface area contributed by atoms with Crippen LogP contribution in [0.5, 0.6) is 0 Å². The first-order valence-electron chi connectivity index (χ1n) is 7.17. The van der Waals surface area contributed by atoms with Gasteiger partial charge in [-0.3, -0.25) is 4.99 Å². The molecule has 1 aromatic carbocycles. The van der Waals surface area contributed by atoms with Crippen molar-refractivity contribution >= 4 is 55.7 Å². The quantitative estimate of drug-likeness (QED) is 0.373. The van der Waals surface area contributed by atoms with Crippen molar-refractivity contribution in [2.24, 2.45) is 4.99 Å². The molecule has 0 aliphatic carbocycles. The standard InChI is InChI=1S/C15H22BrN3O2S.HI/c1-15(2)11-19(7-8-22(15,20)21)14(17-3)18-10-12-5-4-6-13(16)9-12;/h4-6,9H,7-8,10-11H2,1-3H3,(H,17,18);1H. The maximum atomic E-state index is 12.1. The Bertz CT molecular complexity index is 677. The van der Waals surface area contributed by atoms with Crippen LogP contribution in [0.3, 0.4) is 0 Å². The Morgan fingerprint density at radius 3 is 2.70 bits per heavy atom. The minimum Gasteiger partial charge on any atom is -0.352 e. The van der Waals surface area contributed by atoms with E-state index in [1.807, 2.05) is 29.2 Å². The second kappa shape index (κ2) is 8.15. The number of aliphatic imine (C=N–C) groups is 1. The van der Waals surface area contributed by atoms with Gasteiger partial charge in [-0.15, -0.1) is 24.0 Å². The van der Waals surface area contributed by atoms with Crippen LogP contribution in [0.1, 0.15) is 19.4 Å². The number of guanidine groups is 1. The van der Waals surface area contributed by atoms with Crippen LogP contribution in [-0.2, 0) is 16.4 Å². The lowest BCUT2D eigenvalue weighted by Crippen LogP contribution is -2.57. The van der Waals surface area contributed by atoms with E-state index >= 15 is 0 Å². The molecule has 1 heterocycles. The second-order valence-corrected chi connectivity index (χ2v) is 9.69. The van der Waals surface area contributed by atoms with Crippen LogP contribution >= 0.6 is 39.9 Å². The van der Waals surface area contributed by atoms with E-state index in [1.165, 1.54) is 0 Å². The van der Waals surface area contributed by atoms with E-state index in [9.17, 15) is 8.42 Å². The Morgan fingerprint density at radius 1 is 1.43 bits per heavy atom.